The highest BCUT2D eigenvalue weighted by Gasteiger charge is 2.36. The van der Waals surface area contributed by atoms with E-state index in [0.717, 1.165) is 45.3 Å². The van der Waals surface area contributed by atoms with Crippen molar-refractivity contribution >= 4 is 5.91 Å². The summed E-state index contributed by atoms with van der Waals surface area (Å²) in [7, 11) is 0. The third-order valence-electron chi connectivity index (χ3n) is 4.41. The highest BCUT2D eigenvalue weighted by Crippen LogP contribution is 2.28. The Morgan fingerprint density at radius 1 is 1.32 bits per heavy atom. The Morgan fingerprint density at radius 3 is 3.00 bits per heavy atom. The van der Waals surface area contributed by atoms with Gasteiger partial charge in [0, 0.05) is 31.4 Å². The van der Waals surface area contributed by atoms with E-state index in [1.54, 1.807) is 0 Å². The minimum absolute atomic E-state index is 0.345. The number of pyridine rings is 1. The summed E-state index contributed by atoms with van der Waals surface area (Å²) in [4.78, 5) is 18.3. The Labute approximate surface area is 114 Å². The van der Waals surface area contributed by atoms with Crippen molar-refractivity contribution < 1.29 is 4.79 Å². The SMILES string of the molecule is O=C1CCC2CNCCC2N1CCc1ccncc1. The van der Waals surface area contributed by atoms with Gasteiger partial charge in [-0.2, -0.15) is 0 Å². The van der Waals surface area contributed by atoms with Gasteiger partial charge in [0.2, 0.25) is 5.91 Å². The molecule has 1 aromatic heterocycles. The zero-order valence-electron chi connectivity index (χ0n) is 11.2. The van der Waals surface area contributed by atoms with Crippen LogP contribution in [0.25, 0.3) is 0 Å². The van der Waals surface area contributed by atoms with Crippen LogP contribution in [0.3, 0.4) is 0 Å². The molecule has 4 heteroatoms. The minimum atomic E-state index is 0.345. The van der Waals surface area contributed by atoms with Gasteiger partial charge in [0.1, 0.15) is 0 Å². The van der Waals surface area contributed by atoms with Crippen LogP contribution < -0.4 is 5.32 Å². The van der Waals surface area contributed by atoms with Crippen molar-refractivity contribution in [3.63, 3.8) is 0 Å². The van der Waals surface area contributed by atoms with Crippen molar-refractivity contribution in [3.8, 4) is 0 Å². The Hall–Kier alpha value is -1.42. The predicted octanol–water partition coefficient (Wildman–Crippen LogP) is 1.22. The Bertz CT molecular complexity index is 434. The number of aromatic nitrogens is 1. The van der Waals surface area contributed by atoms with Crippen LogP contribution in [-0.4, -0.2) is 41.5 Å². The van der Waals surface area contributed by atoms with Gasteiger partial charge in [0.05, 0.1) is 0 Å². The molecule has 2 saturated heterocycles. The summed E-state index contributed by atoms with van der Waals surface area (Å²) in [5.74, 6) is 1.00. The van der Waals surface area contributed by atoms with Gasteiger partial charge in [-0.25, -0.2) is 0 Å². The maximum atomic E-state index is 12.2. The summed E-state index contributed by atoms with van der Waals surface area (Å²) < 4.78 is 0. The van der Waals surface area contributed by atoms with Gasteiger partial charge >= 0.3 is 0 Å². The molecule has 3 heterocycles. The molecule has 102 valence electrons. The zero-order valence-corrected chi connectivity index (χ0v) is 11.2. The van der Waals surface area contributed by atoms with E-state index in [2.05, 4.69) is 15.2 Å². The van der Waals surface area contributed by atoms with Crippen LogP contribution in [0.5, 0.6) is 0 Å². The number of amides is 1. The second kappa shape index (κ2) is 5.70. The molecule has 4 nitrogen and oxygen atoms in total. The zero-order chi connectivity index (χ0) is 13.1. The van der Waals surface area contributed by atoms with Crippen LogP contribution in [0.1, 0.15) is 24.8 Å². The Balaban J connectivity index is 1.65. The molecule has 19 heavy (non-hydrogen) atoms. The number of likely N-dealkylation sites (tertiary alicyclic amines) is 1. The number of rotatable bonds is 3. The van der Waals surface area contributed by atoms with E-state index < -0.39 is 0 Å². The molecule has 0 aromatic carbocycles. The summed E-state index contributed by atoms with van der Waals surface area (Å²) in [6.07, 6.45) is 7.46. The number of carbonyl (C=O) groups is 1. The van der Waals surface area contributed by atoms with Gasteiger partial charge < -0.3 is 10.2 Å². The number of fused-ring (bicyclic) bond motifs is 1. The molecule has 1 N–H and O–H groups in total. The second-order valence-electron chi connectivity index (χ2n) is 5.55. The maximum Gasteiger partial charge on any atom is 0.222 e. The van der Waals surface area contributed by atoms with Gasteiger partial charge in [-0.05, 0) is 56.0 Å². The average Bonchev–Trinajstić information content (AvgIpc) is 2.47. The number of carbonyl (C=O) groups excluding carboxylic acids is 1. The van der Waals surface area contributed by atoms with E-state index in [1.165, 1.54) is 5.56 Å². The smallest absolute Gasteiger partial charge is 0.222 e. The monoisotopic (exact) mass is 259 g/mol. The average molecular weight is 259 g/mol. The van der Waals surface area contributed by atoms with Crippen LogP contribution in [0.15, 0.2) is 24.5 Å². The third kappa shape index (κ3) is 2.78. The number of piperidine rings is 2. The lowest BCUT2D eigenvalue weighted by molar-refractivity contribution is -0.139. The number of nitrogens with one attached hydrogen (secondary N) is 1. The molecule has 0 radical (unpaired) electrons. The lowest BCUT2D eigenvalue weighted by Crippen LogP contribution is -2.55. The molecule has 3 rings (SSSR count). The van der Waals surface area contributed by atoms with Crippen LogP contribution >= 0.6 is 0 Å². The summed E-state index contributed by atoms with van der Waals surface area (Å²) in [6.45, 7) is 2.97. The van der Waals surface area contributed by atoms with Crippen molar-refractivity contribution in [1.82, 2.24) is 15.2 Å². The molecule has 2 atom stereocenters. The van der Waals surface area contributed by atoms with Gasteiger partial charge in [0.15, 0.2) is 0 Å². The molecule has 2 aliphatic heterocycles. The summed E-state index contributed by atoms with van der Waals surface area (Å²) >= 11 is 0. The van der Waals surface area contributed by atoms with Crippen LogP contribution in [0.4, 0.5) is 0 Å². The molecule has 1 amide bonds. The van der Waals surface area contributed by atoms with Crippen molar-refractivity contribution in [2.24, 2.45) is 5.92 Å². The summed E-state index contributed by atoms with van der Waals surface area (Å²) in [5.41, 5.74) is 1.26. The molecule has 1 aromatic rings. The van der Waals surface area contributed by atoms with Gasteiger partial charge in [0.25, 0.3) is 0 Å². The fraction of sp³-hybridized carbons (Fsp3) is 0.600. The predicted molar refractivity (Wildman–Crippen MR) is 73.7 cm³/mol. The first-order valence-corrected chi connectivity index (χ1v) is 7.23. The fourth-order valence-corrected chi connectivity index (χ4v) is 3.34. The molecular formula is C15H21N3O. The Kier molecular flexibility index (Phi) is 3.78. The standard InChI is InChI=1S/C15H21N3O/c19-15-2-1-13-11-17-9-5-14(13)18(15)10-6-12-3-7-16-8-4-12/h3-4,7-8,13-14,17H,1-2,5-6,9-11H2. The fourth-order valence-electron chi connectivity index (χ4n) is 3.34. The lowest BCUT2D eigenvalue weighted by atomic mass is 9.84. The van der Waals surface area contributed by atoms with Gasteiger partial charge in [-0.1, -0.05) is 0 Å². The minimum Gasteiger partial charge on any atom is -0.339 e. The highest BCUT2D eigenvalue weighted by atomic mass is 16.2. The van der Waals surface area contributed by atoms with Gasteiger partial charge in [-0.15, -0.1) is 0 Å². The van der Waals surface area contributed by atoms with E-state index in [-0.39, 0.29) is 0 Å². The first kappa shape index (κ1) is 12.6. The van der Waals surface area contributed by atoms with E-state index in [4.69, 9.17) is 0 Å². The van der Waals surface area contributed by atoms with Crippen LogP contribution in [-0.2, 0) is 11.2 Å². The Morgan fingerprint density at radius 2 is 2.16 bits per heavy atom. The molecule has 2 fully saturated rings. The first-order valence-electron chi connectivity index (χ1n) is 7.23. The van der Waals surface area contributed by atoms with Crippen molar-refractivity contribution in [2.75, 3.05) is 19.6 Å². The largest absolute Gasteiger partial charge is 0.339 e. The van der Waals surface area contributed by atoms with E-state index in [1.807, 2.05) is 24.5 Å². The first-order chi connectivity index (χ1) is 9.34. The molecule has 0 aliphatic carbocycles. The second-order valence-corrected chi connectivity index (χ2v) is 5.55. The molecule has 0 saturated carbocycles. The van der Waals surface area contributed by atoms with Crippen molar-refractivity contribution in [1.29, 1.82) is 0 Å². The molecule has 2 aliphatic rings. The molecular weight excluding hydrogens is 238 g/mol. The maximum absolute atomic E-state index is 12.2. The number of hydrogen-bond acceptors (Lipinski definition) is 3. The number of nitrogens with zero attached hydrogens (tertiary/aromatic N) is 2. The molecule has 0 spiro atoms. The van der Waals surface area contributed by atoms with Crippen molar-refractivity contribution in [2.45, 2.75) is 31.7 Å². The van der Waals surface area contributed by atoms with E-state index in [0.29, 0.717) is 17.9 Å². The lowest BCUT2D eigenvalue weighted by Gasteiger charge is -2.44. The van der Waals surface area contributed by atoms with E-state index >= 15 is 0 Å². The highest BCUT2D eigenvalue weighted by molar-refractivity contribution is 5.77. The van der Waals surface area contributed by atoms with E-state index in [9.17, 15) is 4.79 Å². The topological polar surface area (TPSA) is 45.2 Å². The summed E-state index contributed by atoms with van der Waals surface area (Å²) in [5, 5.41) is 3.45. The molecule has 2 unspecified atom stereocenters. The van der Waals surface area contributed by atoms with Crippen LogP contribution in [0.2, 0.25) is 0 Å². The molecule has 0 bridgehead atoms. The quantitative estimate of drug-likeness (QED) is 0.888. The van der Waals surface area contributed by atoms with Crippen molar-refractivity contribution in [3.05, 3.63) is 30.1 Å². The van der Waals surface area contributed by atoms with Gasteiger partial charge in [-0.3, -0.25) is 9.78 Å². The van der Waals surface area contributed by atoms with Crippen LogP contribution in [0, 0.1) is 5.92 Å². The number of hydrogen-bond donors (Lipinski definition) is 1. The third-order valence-corrected chi connectivity index (χ3v) is 4.41. The normalized spacial score (nSPS) is 27.2. The summed E-state index contributed by atoms with van der Waals surface area (Å²) in [6, 6.07) is 4.53.